The maximum absolute atomic E-state index is 9.67. The Morgan fingerprint density at radius 1 is 1.33 bits per heavy atom. The molecule has 0 amide bonds. The Balaban J connectivity index is 2.33. The van der Waals surface area contributed by atoms with Gasteiger partial charge >= 0.3 is 0 Å². The number of benzene rings is 1. The second kappa shape index (κ2) is 3.83. The van der Waals surface area contributed by atoms with E-state index in [1.165, 1.54) is 6.42 Å². The van der Waals surface area contributed by atoms with Crippen LogP contribution in [0.15, 0.2) is 18.2 Å². The van der Waals surface area contributed by atoms with Gasteiger partial charge in [0, 0.05) is 17.5 Å². The summed E-state index contributed by atoms with van der Waals surface area (Å²) in [5.41, 5.74) is 7.54. The summed E-state index contributed by atoms with van der Waals surface area (Å²) in [5, 5.41) is 18.6. The fraction of sp³-hybridized carbons (Fsp3) is 0.500. The van der Waals surface area contributed by atoms with Crippen LogP contribution < -0.4 is 5.73 Å². The van der Waals surface area contributed by atoms with Crippen molar-refractivity contribution in [2.75, 3.05) is 6.54 Å². The predicted octanol–water partition coefficient (Wildman–Crippen LogP) is 1.26. The molecule has 1 aliphatic rings. The van der Waals surface area contributed by atoms with Crippen LogP contribution in [0.4, 0.5) is 0 Å². The number of aromatic hydroxyl groups is 1. The van der Waals surface area contributed by atoms with Gasteiger partial charge in [-0.05, 0) is 24.5 Å². The van der Waals surface area contributed by atoms with Crippen molar-refractivity contribution >= 4 is 0 Å². The number of hydrogen-bond acceptors (Lipinski definition) is 3. The Morgan fingerprint density at radius 2 is 2.07 bits per heavy atom. The molecule has 0 radical (unpaired) electrons. The lowest BCUT2D eigenvalue weighted by Gasteiger charge is -2.41. The minimum Gasteiger partial charge on any atom is -0.508 e. The average Bonchev–Trinajstić information content (AvgIpc) is 2.17. The lowest BCUT2D eigenvalue weighted by atomic mass is 9.64. The molecule has 0 aromatic heterocycles. The first kappa shape index (κ1) is 10.5. The molecule has 1 aromatic rings. The highest BCUT2D eigenvalue weighted by Gasteiger charge is 2.37. The van der Waals surface area contributed by atoms with Gasteiger partial charge in [-0.25, -0.2) is 0 Å². The molecular weight excluding hydrogens is 190 g/mol. The van der Waals surface area contributed by atoms with Crippen LogP contribution >= 0.6 is 0 Å². The van der Waals surface area contributed by atoms with E-state index in [9.17, 15) is 5.11 Å². The first-order valence-corrected chi connectivity index (χ1v) is 5.35. The van der Waals surface area contributed by atoms with E-state index in [0.717, 1.165) is 18.4 Å². The highest BCUT2D eigenvalue weighted by atomic mass is 16.3. The molecule has 0 atom stereocenters. The van der Waals surface area contributed by atoms with Crippen LogP contribution in [0.1, 0.15) is 30.4 Å². The minimum absolute atomic E-state index is 0.0749. The lowest BCUT2D eigenvalue weighted by Crippen LogP contribution is -2.41. The highest BCUT2D eigenvalue weighted by Crippen LogP contribution is 2.43. The van der Waals surface area contributed by atoms with Gasteiger partial charge in [-0.2, -0.15) is 0 Å². The second-order valence-corrected chi connectivity index (χ2v) is 4.34. The zero-order valence-corrected chi connectivity index (χ0v) is 8.74. The highest BCUT2D eigenvalue weighted by molar-refractivity contribution is 5.40. The smallest absolute Gasteiger partial charge is 0.121 e. The van der Waals surface area contributed by atoms with Gasteiger partial charge in [0.1, 0.15) is 5.75 Å². The van der Waals surface area contributed by atoms with E-state index in [1.807, 2.05) is 6.07 Å². The number of aliphatic hydroxyl groups excluding tert-OH is 1. The van der Waals surface area contributed by atoms with E-state index in [1.54, 1.807) is 12.1 Å². The second-order valence-electron chi connectivity index (χ2n) is 4.34. The van der Waals surface area contributed by atoms with Crippen molar-refractivity contribution in [2.45, 2.75) is 31.3 Å². The van der Waals surface area contributed by atoms with Crippen LogP contribution in [0.2, 0.25) is 0 Å². The summed E-state index contributed by atoms with van der Waals surface area (Å²) < 4.78 is 0. The third-order valence-electron chi connectivity index (χ3n) is 3.57. The maximum Gasteiger partial charge on any atom is 0.121 e. The van der Waals surface area contributed by atoms with E-state index in [0.29, 0.717) is 12.1 Å². The van der Waals surface area contributed by atoms with E-state index in [2.05, 4.69) is 0 Å². The Kier molecular flexibility index (Phi) is 2.67. The fourth-order valence-corrected chi connectivity index (χ4v) is 2.24. The molecule has 1 fully saturated rings. The Labute approximate surface area is 89.5 Å². The van der Waals surface area contributed by atoms with Crippen molar-refractivity contribution in [3.63, 3.8) is 0 Å². The molecule has 1 saturated carbocycles. The Bertz CT molecular complexity index is 353. The van der Waals surface area contributed by atoms with Gasteiger partial charge in [0.25, 0.3) is 0 Å². The van der Waals surface area contributed by atoms with Crippen LogP contribution in [0, 0.1) is 0 Å². The largest absolute Gasteiger partial charge is 0.508 e. The molecule has 0 unspecified atom stereocenters. The number of nitrogens with two attached hydrogens (primary N) is 1. The SMILES string of the molecule is NCC1(c2ccc(CO)c(O)c2)CCC1. The van der Waals surface area contributed by atoms with Gasteiger partial charge in [0.2, 0.25) is 0 Å². The summed E-state index contributed by atoms with van der Waals surface area (Å²) >= 11 is 0. The summed E-state index contributed by atoms with van der Waals surface area (Å²) in [7, 11) is 0. The van der Waals surface area contributed by atoms with E-state index in [-0.39, 0.29) is 17.8 Å². The quantitative estimate of drug-likeness (QED) is 0.699. The van der Waals surface area contributed by atoms with Crippen LogP contribution in [-0.2, 0) is 12.0 Å². The first-order chi connectivity index (χ1) is 7.22. The molecular formula is C12H17NO2. The third-order valence-corrected chi connectivity index (χ3v) is 3.57. The molecule has 0 heterocycles. The standard InChI is InChI=1S/C12H17NO2/c13-8-12(4-1-5-12)10-3-2-9(7-14)11(15)6-10/h2-3,6,14-15H,1,4-5,7-8,13H2. The number of rotatable bonds is 3. The van der Waals surface area contributed by atoms with Crippen LogP contribution in [0.25, 0.3) is 0 Å². The molecule has 3 heteroatoms. The molecule has 1 aliphatic carbocycles. The van der Waals surface area contributed by atoms with Crippen molar-refractivity contribution < 1.29 is 10.2 Å². The van der Waals surface area contributed by atoms with Crippen LogP contribution in [0.3, 0.4) is 0 Å². The topological polar surface area (TPSA) is 66.5 Å². The van der Waals surface area contributed by atoms with Crippen molar-refractivity contribution in [1.29, 1.82) is 0 Å². The van der Waals surface area contributed by atoms with Crippen molar-refractivity contribution in [3.8, 4) is 5.75 Å². The molecule has 82 valence electrons. The summed E-state index contributed by atoms with van der Waals surface area (Å²) in [6.07, 6.45) is 3.41. The fourth-order valence-electron chi connectivity index (χ4n) is 2.24. The van der Waals surface area contributed by atoms with Crippen molar-refractivity contribution in [2.24, 2.45) is 5.73 Å². The molecule has 3 nitrogen and oxygen atoms in total. The van der Waals surface area contributed by atoms with Crippen LogP contribution in [0.5, 0.6) is 5.75 Å². The summed E-state index contributed by atoms with van der Waals surface area (Å²) in [4.78, 5) is 0. The molecule has 1 aromatic carbocycles. The van der Waals surface area contributed by atoms with Crippen LogP contribution in [-0.4, -0.2) is 16.8 Å². The number of hydrogen-bond donors (Lipinski definition) is 3. The third kappa shape index (κ3) is 1.62. The monoisotopic (exact) mass is 207 g/mol. The van der Waals surface area contributed by atoms with E-state index in [4.69, 9.17) is 10.8 Å². The summed E-state index contributed by atoms with van der Waals surface area (Å²) in [6.45, 7) is 0.507. The predicted molar refractivity (Wildman–Crippen MR) is 58.6 cm³/mol. The van der Waals surface area contributed by atoms with Gasteiger partial charge in [0.15, 0.2) is 0 Å². The molecule has 15 heavy (non-hydrogen) atoms. The average molecular weight is 207 g/mol. The zero-order valence-electron chi connectivity index (χ0n) is 8.74. The van der Waals surface area contributed by atoms with Gasteiger partial charge < -0.3 is 15.9 Å². The van der Waals surface area contributed by atoms with Crippen molar-refractivity contribution in [3.05, 3.63) is 29.3 Å². The minimum atomic E-state index is -0.123. The first-order valence-electron chi connectivity index (χ1n) is 5.35. The zero-order chi connectivity index (χ0) is 10.9. The van der Waals surface area contributed by atoms with Gasteiger partial charge in [0.05, 0.1) is 6.61 Å². The molecule has 4 N–H and O–H groups in total. The molecule has 0 aliphatic heterocycles. The van der Waals surface area contributed by atoms with E-state index < -0.39 is 0 Å². The normalized spacial score (nSPS) is 18.5. The van der Waals surface area contributed by atoms with Gasteiger partial charge in [-0.1, -0.05) is 18.6 Å². The van der Waals surface area contributed by atoms with E-state index >= 15 is 0 Å². The number of phenols is 1. The molecule has 0 bridgehead atoms. The maximum atomic E-state index is 9.67. The lowest BCUT2D eigenvalue weighted by molar-refractivity contribution is 0.250. The number of aliphatic hydroxyl groups is 1. The molecule has 2 rings (SSSR count). The van der Waals surface area contributed by atoms with Gasteiger partial charge in [-0.15, -0.1) is 0 Å². The summed E-state index contributed by atoms with van der Waals surface area (Å²) in [5.74, 6) is 0.176. The summed E-state index contributed by atoms with van der Waals surface area (Å²) in [6, 6.07) is 5.50. The van der Waals surface area contributed by atoms with Gasteiger partial charge in [-0.3, -0.25) is 0 Å². The Morgan fingerprint density at radius 3 is 2.47 bits per heavy atom. The molecule has 0 spiro atoms. The van der Waals surface area contributed by atoms with Crippen molar-refractivity contribution in [1.82, 2.24) is 0 Å². The Hall–Kier alpha value is -1.06. The molecule has 0 saturated heterocycles.